The van der Waals surface area contributed by atoms with Crippen molar-refractivity contribution < 1.29 is 0 Å². The Labute approximate surface area is 40.9 Å². The van der Waals surface area contributed by atoms with E-state index >= 15 is 0 Å². The minimum absolute atomic E-state index is 0.944. The van der Waals surface area contributed by atoms with Gasteiger partial charge < -0.3 is 5.84 Å². The Kier molecular flexibility index (Phi) is 30.9. The highest BCUT2D eigenvalue weighted by Crippen LogP contribution is 1.44. The molecular weight excluding hydrogens is 94.1 g/mol. The van der Waals surface area contributed by atoms with Crippen molar-refractivity contribution in [3.8, 4) is 6.57 Å². The summed E-state index contributed by atoms with van der Waals surface area (Å²) >= 11 is 0. The first-order valence-corrected chi connectivity index (χ1v) is 1.26. The van der Waals surface area contributed by atoms with Crippen molar-refractivity contribution in [2.45, 2.75) is 0 Å². The number of nitrogens with one attached hydrogen (secondary N) is 1. The molecule has 3 N–H and O–H groups in total. The van der Waals surface area contributed by atoms with Crippen LogP contribution in [0, 0.1) is 17.4 Å². The number of hydrogen-bond donors (Lipinski definition) is 2. The van der Waals surface area contributed by atoms with Crippen LogP contribution in [-0.4, -0.2) is 6.34 Å². The van der Waals surface area contributed by atoms with E-state index in [2.05, 4.69) is 22.6 Å². The molecule has 7 heavy (non-hydrogen) atoms. The van der Waals surface area contributed by atoms with Gasteiger partial charge in [-0.1, -0.05) is 0 Å². The Bertz CT molecular complexity index is 71.4. The van der Waals surface area contributed by atoms with Crippen LogP contribution in [0.25, 0.3) is 0 Å². The van der Waals surface area contributed by atoms with Gasteiger partial charge in [-0.05, 0) is 0 Å². The lowest BCUT2D eigenvalue weighted by Gasteiger charge is -1.58. The van der Waals surface area contributed by atoms with Crippen LogP contribution in [0.5, 0.6) is 0 Å². The van der Waals surface area contributed by atoms with E-state index in [0.717, 1.165) is 6.34 Å². The molecular formula is C2H5N5. The molecule has 0 atom stereocenters. The highest BCUT2D eigenvalue weighted by molar-refractivity contribution is 5.52. The molecule has 0 radical (unpaired) electrons. The standard InChI is InChI=1S/CH4N4.CHN/c2-4-1-5-3;1-2/h1-2H,3H2;1H/b4-2?,5-1+;. The Morgan fingerprint density at radius 2 is 2.14 bits per heavy atom. The minimum atomic E-state index is 0.944. The van der Waals surface area contributed by atoms with Crippen LogP contribution in [0.2, 0.25) is 0 Å². The molecule has 0 unspecified atom stereocenters. The molecule has 0 aliphatic rings. The average Bonchev–Trinajstić information content (AvgIpc) is 1.75. The minimum Gasteiger partial charge on any atom is -0.322 e. The van der Waals surface area contributed by atoms with Gasteiger partial charge in [0.15, 0.2) is 6.34 Å². The third kappa shape index (κ3) is 95.3. The van der Waals surface area contributed by atoms with Gasteiger partial charge in [0.25, 0.3) is 0 Å². The van der Waals surface area contributed by atoms with Crippen molar-refractivity contribution in [2.75, 3.05) is 0 Å². The smallest absolute Gasteiger partial charge is 0.156 e. The molecule has 0 aromatic heterocycles. The van der Waals surface area contributed by atoms with Crippen molar-refractivity contribution in [1.82, 2.24) is 0 Å². The van der Waals surface area contributed by atoms with Gasteiger partial charge in [0.1, 0.15) is 0 Å². The van der Waals surface area contributed by atoms with Crippen LogP contribution in [0.4, 0.5) is 0 Å². The van der Waals surface area contributed by atoms with Gasteiger partial charge in [-0.2, -0.15) is 5.10 Å². The number of nitrogens with two attached hydrogens (primary N) is 1. The second kappa shape index (κ2) is 23.7. The van der Waals surface area contributed by atoms with Gasteiger partial charge in [0.2, 0.25) is 0 Å². The van der Waals surface area contributed by atoms with E-state index in [-0.39, 0.29) is 0 Å². The fraction of sp³-hybridized carbons (Fsp3) is 0. The summed E-state index contributed by atoms with van der Waals surface area (Å²) in [5.41, 5.74) is 6.00. The fourth-order valence-electron chi connectivity index (χ4n) is 0.0333. The maximum atomic E-state index is 6.50. The summed E-state index contributed by atoms with van der Waals surface area (Å²) in [4.78, 5) is 0. The van der Waals surface area contributed by atoms with Gasteiger partial charge in [-0.3, -0.25) is 0 Å². The number of rotatable bonds is 1. The number of hydrogen-bond acceptors (Lipinski definition) is 4. The first-order valence-electron chi connectivity index (χ1n) is 1.26. The maximum Gasteiger partial charge on any atom is 0.156 e. The third-order valence-electron chi connectivity index (χ3n) is 0.124. The zero-order valence-electron chi connectivity index (χ0n) is 3.57. The van der Waals surface area contributed by atoms with Crippen LogP contribution in [0.15, 0.2) is 10.2 Å². The first kappa shape index (κ1) is 9.12. The van der Waals surface area contributed by atoms with Crippen LogP contribution in [0.3, 0.4) is 0 Å². The van der Waals surface area contributed by atoms with E-state index in [0.29, 0.717) is 0 Å². The Balaban J connectivity index is 0. The fourth-order valence-corrected chi connectivity index (χ4v) is 0.0333. The van der Waals surface area contributed by atoms with Crippen LogP contribution in [-0.2, 0) is 0 Å². The van der Waals surface area contributed by atoms with E-state index < -0.39 is 0 Å². The second-order valence-electron chi connectivity index (χ2n) is 0.394. The lowest BCUT2D eigenvalue weighted by Crippen LogP contribution is -1.75. The van der Waals surface area contributed by atoms with Crippen LogP contribution in [0.1, 0.15) is 0 Å². The summed E-state index contributed by atoms with van der Waals surface area (Å²) in [7, 11) is 0. The lowest BCUT2D eigenvalue weighted by molar-refractivity contribution is 1.17. The molecule has 0 heterocycles. The van der Waals surface area contributed by atoms with Crippen molar-refractivity contribution in [2.24, 2.45) is 16.1 Å². The maximum absolute atomic E-state index is 6.50. The summed E-state index contributed by atoms with van der Waals surface area (Å²) in [6, 6.07) is 0. The van der Waals surface area contributed by atoms with Crippen molar-refractivity contribution in [3.63, 3.8) is 0 Å². The molecule has 0 bridgehead atoms. The van der Waals surface area contributed by atoms with E-state index in [4.69, 9.17) is 10.8 Å². The summed E-state index contributed by atoms with van der Waals surface area (Å²) in [5.74, 6) is 4.49. The highest BCUT2D eigenvalue weighted by Gasteiger charge is 1.43. The predicted octanol–water partition coefficient (Wildman–Crippen LogP) is 0.0592. The van der Waals surface area contributed by atoms with Crippen LogP contribution >= 0.6 is 0 Å². The molecule has 0 aromatic carbocycles. The van der Waals surface area contributed by atoms with Gasteiger partial charge in [0, 0.05) is 6.57 Å². The predicted molar refractivity (Wildman–Crippen MR) is 24.5 cm³/mol. The summed E-state index contributed by atoms with van der Waals surface area (Å²) < 4.78 is 0. The van der Waals surface area contributed by atoms with Gasteiger partial charge in [-0.15, -0.1) is 5.11 Å². The van der Waals surface area contributed by atoms with Crippen LogP contribution < -0.4 is 5.84 Å². The molecule has 0 fully saturated rings. The summed E-state index contributed by atoms with van der Waals surface area (Å²) in [6.45, 7) is 3.50. The third-order valence-corrected chi connectivity index (χ3v) is 0.124. The Morgan fingerprint density at radius 1 is 1.71 bits per heavy atom. The number of nitriles is 1. The monoisotopic (exact) mass is 99.1 g/mol. The molecule has 0 spiro atoms. The molecule has 38 valence electrons. The van der Waals surface area contributed by atoms with E-state index in [1.165, 1.54) is 0 Å². The van der Waals surface area contributed by atoms with E-state index in [9.17, 15) is 0 Å². The van der Waals surface area contributed by atoms with Gasteiger partial charge in [-0.25, -0.2) is 10.8 Å². The first-order chi connectivity index (χ1) is 3.41. The molecule has 0 aliphatic heterocycles. The SMILES string of the molecule is C#N.N=N/C=N/N. The largest absolute Gasteiger partial charge is 0.322 e. The lowest BCUT2D eigenvalue weighted by atomic mass is 11.4. The van der Waals surface area contributed by atoms with E-state index in [1.54, 1.807) is 0 Å². The molecule has 5 heteroatoms. The zero-order chi connectivity index (χ0) is 6.12. The number of nitrogens with zero attached hydrogens (tertiary/aromatic N) is 3. The summed E-state index contributed by atoms with van der Waals surface area (Å²) in [5, 5.41) is 12.1. The van der Waals surface area contributed by atoms with Gasteiger partial charge in [0.05, 0.1) is 0 Å². The summed E-state index contributed by atoms with van der Waals surface area (Å²) in [6.07, 6.45) is 0.944. The Morgan fingerprint density at radius 3 is 2.14 bits per heavy atom. The Hall–Kier alpha value is -1.44. The zero-order valence-corrected chi connectivity index (χ0v) is 3.57. The molecule has 0 aliphatic carbocycles. The van der Waals surface area contributed by atoms with Crippen molar-refractivity contribution in [3.05, 3.63) is 0 Å². The quantitative estimate of drug-likeness (QED) is 0.160. The second-order valence-corrected chi connectivity index (χ2v) is 0.394. The molecule has 0 aromatic rings. The highest BCUT2D eigenvalue weighted by atomic mass is 15.2. The molecule has 5 nitrogen and oxygen atoms in total. The molecule has 0 amide bonds. The number of hydrazone groups is 1. The van der Waals surface area contributed by atoms with Gasteiger partial charge >= 0.3 is 0 Å². The van der Waals surface area contributed by atoms with E-state index in [1.807, 2.05) is 0 Å². The molecule has 0 saturated carbocycles. The van der Waals surface area contributed by atoms with Crippen molar-refractivity contribution >= 4 is 6.34 Å². The topological polar surface area (TPSA) is 98.4 Å². The normalized spacial score (nSPS) is 6.57. The van der Waals surface area contributed by atoms with Crippen molar-refractivity contribution in [1.29, 1.82) is 10.8 Å². The molecule has 0 saturated heterocycles. The average molecular weight is 99.1 g/mol. The molecule has 0 rings (SSSR count).